The molecule has 1 rings (SSSR count). The molecular formula is C14H21N. The monoisotopic (exact) mass is 203 g/mol. The van der Waals surface area contributed by atoms with Crippen LogP contribution in [0, 0.1) is 0 Å². The van der Waals surface area contributed by atoms with Crippen LogP contribution in [0.2, 0.25) is 0 Å². The minimum Gasteiger partial charge on any atom is -0.317 e. The lowest BCUT2D eigenvalue weighted by atomic mass is 10.1. The van der Waals surface area contributed by atoms with Gasteiger partial charge in [0.25, 0.3) is 0 Å². The highest BCUT2D eigenvalue weighted by atomic mass is 14.8. The van der Waals surface area contributed by atoms with Crippen LogP contribution in [-0.4, -0.2) is 13.1 Å². The number of rotatable bonds is 8. The number of aryl methyl sites for hydroxylation is 1. The predicted molar refractivity (Wildman–Crippen MR) is 67.1 cm³/mol. The van der Waals surface area contributed by atoms with Crippen molar-refractivity contribution in [3.8, 4) is 0 Å². The van der Waals surface area contributed by atoms with E-state index in [1.807, 2.05) is 6.08 Å². The lowest BCUT2D eigenvalue weighted by Crippen LogP contribution is -2.16. The van der Waals surface area contributed by atoms with E-state index in [4.69, 9.17) is 0 Å². The molecule has 0 saturated carbocycles. The summed E-state index contributed by atoms with van der Waals surface area (Å²) >= 11 is 0. The summed E-state index contributed by atoms with van der Waals surface area (Å²) < 4.78 is 0. The van der Waals surface area contributed by atoms with Gasteiger partial charge in [-0.1, -0.05) is 36.4 Å². The Bertz CT molecular complexity index is 253. The Hall–Kier alpha value is -1.08. The minimum atomic E-state index is 1.11. The summed E-state index contributed by atoms with van der Waals surface area (Å²) in [7, 11) is 0. The van der Waals surface area contributed by atoms with Crippen molar-refractivity contribution >= 4 is 0 Å². The molecule has 0 aromatic heterocycles. The molecule has 0 aliphatic rings. The van der Waals surface area contributed by atoms with Crippen LogP contribution < -0.4 is 5.32 Å². The number of unbranched alkanes of at least 4 members (excludes halogenated alkanes) is 1. The molecule has 82 valence electrons. The maximum atomic E-state index is 3.71. The molecule has 0 heterocycles. The average Bonchev–Trinajstić information content (AvgIpc) is 2.29. The third-order valence-electron chi connectivity index (χ3n) is 2.42. The largest absolute Gasteiger partial charge is 0.317 e. The van der Waals surface area contributed by atoms with Crippen molar-refractivity contribution < 1.29 is 0 Å². The molecule has 1 aromatic carbocycles. The molecule has 0 unspecified atom stereocenters. The van der Waals surface area contributed by atoms with E-state index in [9.17, 15) is 0 Å². The molecule has 0 fully saturated rings. The number of benzene rings is 1. The van der Waals surface area contributed by atoms with Gasteiger partial charge in [-0.05, 0) is 44.3 Å². The number of nitrogens with one attached hydrogen (secondary N) is 1. The summed E-state index contributed by atoms with van der Waals surface area (Å²) in [6, 6.07) is 10.7. The second kappa shape index (κ2) is 8.25. The van der Waals surface area contributed by atoms with Gasteiger partial charge in [0.2, 0.25) is 0 Å². The second-order valence-electron chi connectivity index (χ2n) is 3.77. The van der Waals surface area contributed by atoms with Gasteiger partial charge in [-0.3, -0.25) is 0 Å². The van der Waals surface area contributed by atoms with Crippen molar-refractivity contribution in [3.05, 3.63) is 48.6 Å². The van der Waals surface area contributed by atoms with E-state index in [0.717, 1.165) is 19.5 Å². The maximum absolute atomic E-state index is 3.71. The van der Waals surface area contributed by atoms with Crippen LogP contribution >= 0.6 is 0 Å². The van der Waals surface area contributed by atoms with E-state index >= 15 is 0 Å². The third-order valence-corrected chi connectivity index (χ3v) is 2.42. The van der Waals surface area contributed by atoms with Gasteiger partial charge in [0.1, 0.15) is 0 Å². The lowest BCUT2D eigenvalue weighted by Gasteiger charge is -2.03. The molecule has 0 amide bonds. The summed E-state index contributed by atoms with van der Waals surface area (Å²) in [4.78, 5) is 0. The van der Waals surface area contributed by atoms with Crippen LogP contribution in [0.3, 0.4) is 0 Å². The van der Waals surface area contributed by atoms with Gasteiger partial charge in [-0.15, -0.1) is 6.58 Å². The van der Waals surface area contributed by atoms with Gasteiger partial charge >= 0.3 is 0 Å². The first-order valence-electron chi connectivity index (χ1n) is 5.79. The Balaban J connectivity index is 1.95. The van der Waals surface area contributed by atoms with E-state index in [2.05, 4.69) is 42.2 Å². The molecule has 1 aromatic rings. The molecule has 0 spiro atoms. The normalized spacial score (nSPS) is 10.1. The van der Waals surface area contributed by atoms with Gasteiger partial charge < -0.3 is 5.32 Å². The highest BCUT2D eigenvalue weighted by molar-refractivity contribution is 5.14. The lowest BCUT2D eigenvalue weighted by molar-refractivity contribution is 0.626. The summed E-state index contributed by atoms with van der Waals surface area (Å²) in [5.74, 6) is 0. The van der Waals surface area contributed by atoms with Gasteiger partial charge in [-0.25, -0.2) is 0 Å². The van der Waals surface area contributed by atoms with Crippen molar-refractivity contribution in [2.75, 3.05) is 13.1 Å². The molecule has 0 radical (unpaired) electrons. The van der Waals surface area contributed by atoms with Gasteiger partial charge in [0.15, 0.2) is 0 Å². The predicted octanol–water partition coefficient (Wildman–Crippen LogP) is 3.18. The van der Waals surface area contributed by atoms with E-state index in [-0.39, 0.29) is 0 Å². The Kier molecular flexibility index (Phi) is 6.59. The number of hydrogen-bond donors (Lipinski definition) is 1. The molecular weight excluding hydrogens is 182 g/mol. The quantitative estimate of drug-likeness (QED) is 0.505. The maximum Gasteiger partial charge on any atom is -0.00457 e. The van der Waals surface area contributed by atoms with Crippen molar-refractivity contribution in [1.82, 2.24) is 5.32 Å². The molecule has 1 N–H and O–H groups in total. The van der Waals surface area contributed by atoms with Crippen molar-refractivity contribution in [2.24, 2.45) is 0 Å². The van der Waals surface area contributed by atoms with Gasteiger partial charge in [0, 0.05) is 0 Å². The Morgan fingerprint density at radius 1 is 1.07 bits per heavy atom. The molecule has 1 nitrogen and oxygen atoms in total. The Labute approximate surface area is 93.2 Å². The van der Waals surface area contributed by atoms with Crippen molar-refractivity contribution in [1.29, 1.82) is 0 Å². The van der Waals surface area contributed by atoms with Gasteiger partial charge in [0.05, 0.1) is 0 Å². The summed E-state index contributed by atoms with van der Waals surface area (Å²) in [5.41, 5.74) is 1.44. The molecule has 0 saturated heterocycles. The highest BCUT2D eigenvalue weighted by Crippen LogP contribution is 2.01. The van der Waals surface area contributed by atoms with E-state index in [0.29, 0.717) is 0 Å². The van der Waals surface area contributed by atoms with Crippen LogP contribution in [0.15, 0.2) is 43.0 Å². The van der Waals surface area contributed by atoms with Crippen molar-refractivity contribution in [3.63, 3.8) is 0 Å². The SMILES string of the molecule is C=CCCCNCCCc1ccccc1. The van der Waals surface area contributed by atoms with E-state index < -0.39 is 0 Å². The van der Waals surface area contributed by atoms with Crippen LogP contribution in [0.1, 0.15) is 24.8 Å². The summed E-state index contributed by atoms with van der Waals surface area (Å²) in [6.45, 7) is 5.94. The first kappa shape index (κ1) is 12.0. The smallest absolute Gasteiger partial charge is 0.00457 e. The van der Waals surface area contributed by atoms with Crippen LogP contribution in [-0.2, 0) is 6.42 Å². The first-order chi connectivity index (χ1) is 7.43. The molecule has 0 atom stereocenters. The summed E-state index contributed by atoms with van der Waals surface area (Å²) in [6.07, 6.45) is 6.69. The molecule has 0 aliphatic heterocycles. The highest BCUT2D eigenvalue weighted by Gasteiger charge is 1.91. The standard InChI is InChI=1S/C14H21N/c1-2-3-7-12-15-13-8-11-14-9-5-4-6-10-14/h2,4-6,9-10,15H,1,3,7-8,11-13H2. The molecule has 0 bridgehead atoms. The Morgan fingerprint density at radius 3 is 2.53 bits per heavy atom. The first-order valence-corrected chi connectivity index (χ1v) is 5.79. The van der Waals surface area contributed by atoms with Crippen LogP contribution in [0.25, 0.3) is 0 Å². The zero-order valence-electron chi connectivity index (χ0n) is 9.41. The fraction of sp³-hybridized carbons (Fsp3) is 0.429. The minimum absolute atomic E-state index is 1.11. The molecule has 0 aliphatic carbocycles. The zero-order chi connectivity index (χ0) is 10.8. The number of allylic oxidation sites excluding steroid dienone is 1. The average molecular weight is 203 g/mol. The topological polar surface area (TPSA) is 12.0 Å². The van der Waals surface area contributed by atoms with E-state index in [1.54, 1.807) is 0 Å². The van der Waals surface area contributed by atoms with Crippen molar-refractivity contribution in [2.45, 2.75) is 25.7 Å². The third kappa shape index (κ3) is 6.08. The Morgan fingerprint density at radius 2 is 1.80 bits per heavy atom. The van der Waals surface area contributed by atoms with Crippen LogP contribution in [0.5, 0.6) is 0 Å². The second-order valence-corrected chi connectivity index (χ2v) is 3.77. The molecule has 15 heavy (non-hydrogen) atoms. The zero-order valence-corrected chi connectivity index (χ0v) is 9.41. The fourth-order valence-electron chi connectivity index (χ4n) is 1.56. The van der Waals surface area contributed by atoms with Gasteiger partial charge in [-0.2, -0.15) is 0 Å². The molecule has 1 heteroatoms. The van der Waals surface area contributed by atoms with Crippen LogP contribution in [0.4, 0.5) is 0 Å². The van der Waals surface area contributed by atoms with E-state index in [1.165, 1.54) is 24.8 Å². The summed E-state index contributed by atoms with van der Waals surface area (Å²) in [5, 5.41) is 3.44. The fourth-order valence-corrected chi connectivity index (χ4v) is 1.56. The number of hydrogen-bond acceptors (Lipinski definition) is 1.